The second-order valence-electron chi connectivity index (χ2n) is 2.68. The van der Waals surface area contributed by atoms with E-state index >= 15 is 0 Å². The number of rotatable bonds is 4. The van der Waals surface area contributed by atoms with Crippen molar-refractivity contribution in [2.75, 3.05) is 6.54 Å². The van der Waals surface area contributed by atoms with E-state index in [1.807, 2.05) is 13.8 Å². The van der Waals surface area contributed by atoms with Crippen molar-refractivity contribution >= 4 is 11.9 Å². The Balaban J connectivity index is 3.93. The summed E-state index contributed by atoms with van der Waals surface area (Å²) in [6.45, 7) is 4.33. The van der Waals surface area contributed by atoms with Crippen LogP contribution in [0.1, 0.15) is 20.3 Å². The van der Waals surface area contributed by atoms with Gasteiger partial charge in [0.1, 0.15) is 0 Å². The van der Waals surface area contributed by atoms with Crippen LogP contribution in [0.5, 0.6) is 0 Å². The van der Waals surface area contributed by atoms with E-state index in [2.05, 4.69) is 15.7 Å². The number of hydrazine groups is 1. The Morgan fingerprint density at radius 2 is 2.23 bits per heavy atom. The van der Waals surface area contributed by atoms with Gasteiger partial charge in [-0.25, -0.2) is 5.84 Å². The fourth-order valence-corrected chi connectivity index (χ4v) is 0.877. The average molecular weight is 187 g/mol. The van der Waals surface area contributed by atoms with Crippen molar-refractivity contribution < 1.29 is 4.79 Å². The number of nitrogens with one attached hydrogen (secondary N) is 2. The second kappa shape index (κ2) is 6.24. The van der Waals surface area contributed by atoms with Gasteiger partial charge in [-0.2, -0.15) is 0 Å². The van der Waals surface area contributed by atoms with E-state index in [1.165, 1.54) is 0 Å². The van der Waals surface area contributed by atoms with Crippen LogP contribution in [0.15, 0.2) is 4.99 Å². The summed E-state index contributed by atoms with van der Waals surface area (Å²) in [7, 11) is 0. The standard InChI is InChI=1S/C7H17N5O/c1-3-10-7(12-9)11-5(2)4-6(8)13/h5H,3-4,9H2,1-2H3,(H2,8,13)(H2,10,11,12). The van der Waals surface area contributed by atoms with Crippen LogP contribution in [0.4, 0.5) is 0 Å². The number of carbonyl (C=O) groups is 1. The minimum atomic E-state index is -0.354. The molecule has 6 nitrogen and oxygen atoms in total. The minimum Gasteiger partial charge on any atom is -0.370 e. The molecule has 1 atom stereocenters. The molecule has 6 heteroatoms. The van der Waals surface area contributed by atoms with Gasteiger partial charge in [0.05, 0.1) is 0 Å². The first-order chi connectivity index (χ1) is 6.10. The maximum Gasteiger partial charge on any atom is 0.219 e. The molecule has 0 aromatic rings. The molecule has 0 aromatic carbocycles. The van der Waals surface area contributed by atoms with Gasteiger partial charge in [-0.1, -0.05) is 0 Å². The number of hydrogen-bond donors (Lipinski definition) is 4. The third-order valence-electron chi connectivity index (χ3n) is 1.34. The molecule has 0 aliphatic heterocycles. The lowest BCUT2D eigenvalue weighted by Gasteiger charge is -2.14. The highest BCUT2D eigenvalue weighted by Gasteiger charge is 2.06. The summed E-state index contributed by atoms with van der Waals surface area (Å²) in [5.74, 6) is 5.29. The molecule has 0 saturated heterocycles. The van der Waals surface area contributed by atoms with Gasteiger partial charge >= 0.3 is 0 Å². The van der Waals surface area contributed by atoms with Gasteiger partial charge in [-0.15, -0.1) is 0 Å². The highest BCUT2D eigenvalue weighted by atomic mass is 16.1. The summed E-state index contributed by atoms with van der Waals surface area (Å²) < 4.78 is 0. The first-order valence-electron chi connectivity index (χ1n) is 4.16. The molecule has 6 N–H and O–H groups in total. The molecule has 0 fully saturated rings. The topological polar surface area (TPSA) is 106 Å². The SMILES string of the molecule is CCN=C(NN)NC(C)CC(N)=O. The van der Waals surface area contributed by atoms with Gasteiger partial charge in [-0.05, 0) is 13.8 Å². The largest absolute Gasteiger partial charge is 0.370 e. The van der Waals surface area contributed by atoms with E-state index in [1.54, 1.807) is 0 Å². The average Bonchev–Trinajstić information content (AvgIpc) is 2.02. The Labute approximate surface area is 77.7 Å². The number of primary amides is 1. The van der Waals surface area contributed by atoms with Gasteiger partial charge in [0.15, 0.2) is 0 Å². The molecule has 76 valence electrons. The van der Waals surface area contributed by atoms with Crippen LogP contribution in [0.25, 0.3) is 0 Å². The summed E-state index contributed by atoms with van der Waals surface area (Å²) in [4.78, 5) is 14.5. The summed E-state index contributed by atoms with van der Waals surface area (Å²) in [6, 6.07) is -0.0705. The van der Waals surface area contributed by atoms with E-state index in [0.29, 0.717) is 12.5 Å². The van der Waals surface area contributed by atoms with Crippen LogP contribution < -0.4 is 22.3 Å². The van der Waals surface area contributed by atoms with Crippen LogP contribution in [-0.4, -0.2) is 24.5 Å². The summed E-state index contributed by atoms with van der Waals surface area (Å²) >= 11 is 0. The first kappa shape index (κ1) is 11.7. The Kier molecular flexibility index (Phi) is 5.62. The van der Waals surface area contributed by atoms with Crippen molar-refractivity contribution in [3.63, 3.8) is 0 Å². The lowest BCUT2D eigenvalue weighted by atomic mass is 10.2. The molecule has 1 amide bonds. The maximum absolute atomic E-state index is 10.5. The molecule has 0 bridgehead atoms. The number of nitrogens with zero attached hydrogens (tertiary/aromatic N) is 1. The molecule has 1 unspecified atom stereocenters. The molecule has 0 heterocycles. The van der Waals surface area contributed by atoms with Gasteiger partial charge < -0.3 is 11.1 Å². The molecule has 0 radical (unpaired) electrons. The molecule has 13 heavy (non-hydrogen) atoms. The highest BCUT2D eigenvalue weighted by molar-refractivity contribution is 5.80. The summed E-state index contributed by atoms with van der Waals surface area (Å²) in [5.41, 5.74) is 7.41. The Hall–Kier alpha value is -1.30. The van der Waals surface area contributed by atoms with Crippen molar-refractivity contribution in [3.8, 4) is 0 Å². The van der Waals surface area contributed by atoms with E-state index < -0.39 is 0 Å². The quantitative estimate of drug-likeness (QED) is 0.189. The van der Waals surface area contributed by atoms with Crippen molar-refractivity contribution in [3.05, 3.63) is 0 Å². The second-order valence-corrected chi connectivity index (χ2v) is 2.68. The molecule has 0 aliphatic rings. The zero-order valence-corrected chi connectivity index (χ0v) is 8.00. The molecular weight excluding hydrogens is 170 g/mol. The zero-order chi connectivity index (χ0) is 10.3. The molecular formula is C7H17N5O. The third kappa shape index (κ3) is 5.92. The summed E-state index contributed by atoms with van der Waals surface area (Å²) in [6.07, 6.45) is 0.254. The number of hydrogen-bond acceptors (Lipinski definition) is 3. The Morgan fingerprint density at radius 1 is 1.62 bits per heavy atom. The first-order valence-corrected chi connectivity index (χ1v) is 4.16. The molecule has 0 aliphatic carbocycles. The van der Waals surface area contributed by atoms with Crippen LogP contribution >= 0.6 is 0 Å². The van der Waals surface area contributed by atoms with Gasteiger partial charge in [-0.3, -0.25) is 15.2 Å². The van der Waals surface area contributed by atoms with Crippen molar-refractivity contribution in [1.82, 2.24) is 10.7 Å². The maximum atomic E-state index is 10.5. The normalized spacial score (nSPS) is 13.6. The predicted octanol–water partition coefficient (Wildman–Crippen LogP) is -1.32. The van der Waals surface area contributed by atoms with E-state index in [-0.39, 0.29) is 18.4 Å². The summed E-state index contributed by atoms with van der Waals surface area (Å²) in [5, 5.41) is 2.91. The number of carbonyl (C=O) groups excluding carboxylic acids is 1. The van der Waals surface area contributed by atoms with E-state index in [4.69, 9.17) is 11.6 Å². The highest BCUT2D eigenvalue weighted by Crippen LogP contribution is 1.88. The number of nitrogens with two attached hydrogens (primary N) is 2. The molecule has 0 aromatic heterocycles. The smallest absolute Gasteiger partial charge is 0.219 e. The monoisotopic (exact) mass is 187 g/mol. The lowest BCUT2D eigenvalue weighted by molar-refractivity contribution is -0.118. The Morgan fingerprint density at radius 3 is 2.62 bits per heavy atom. The lowest BCUT2D eigenvalue weighted by Crippen LogP contribution is -2.46. The fraction of sp³-hybridized carbons (Fsp3) is 0.714. The van der Waals surface area contributed by atoms with Crippen molar-refractivity contribution in [1.29, 1.82) is 0 Å². The molecule has 0 spiro atoms. The van der Waals surface area contributed by atoms with E-state index in [0.717, 1.165) is 0 Å². The zero-order valence-electron chi connectivity index (χ0n) is 8.00. The van der Waals surface area contributed by atoms with Gasteiger partial charge in [0, 0.05) is 19.0 Å². The van der Waals surface area contributed by atoms with E-state index in [9.17, 15) is 4.79 Å². The number of aliphatic imine (C=N–C) groups is 1. The van der Waals surface area contributed by atoms with Crippen LogP contribution in [0.2, 0.25) is 0 Å². The van der Waals surface area contributed by atoms with Crippen molar-refractivity contribution in [2.45, 2.75) is 26.3 Å². The van der Waals surface area contributed by atoms with Crippen LogP contribution in [-0.2, 0) is 4.79 Å². The molecule has 0 saturated carbocycles. The number of guanidine groups is 1. The minimum absolute atomic E-state index is 0.0705. The number of amides is 1. The van der Waals surface area contributed by atoms with Gasteiger partial charge in [0.2, 0.25) is 11.9 Å². The van der Waals surface area contributed by atoms with Crippen LogP contribution in [0.3, 0.4) is 0 Å². The molecule has 0 rings (SSSR count). The van der Waals surface area contributed by atoms with Crippen molar-refractivity contribution in [2.24, 2.45) is 16.6 Å². The van der Waals surface area contributed by atoms with Gasteiger partial charge in [0.25, 0.3) is 0 Å². The van der Waals surface area contributed by atoms with Crippen LogP contribution in [0, 0.1) is 0 Å². The Bertz CT molecular complexity index is 191. The predicted molar refractivity (Wildman–Crippen MR) is 51.7 cm³/mol. The third-order valence-corrected chi connectivity index (χ3v) is 1.34. The fourth-order valence-electron chi connectivity index (χ4n) is 0.877.